The largest absolute Gasteiger partial charge is 0.494 e. The standard InChI is InChI=1S/C28H27N5O3/c1-3-17-36-24-15-13-21(14-16-24)26-22(19-33(32-26)23-10-5-4-6-11-23)18-29-31-28(35)27(34)30-25-12-8-7-9-20(25)2/h4-16,18-19H,3,17H2,1-2H3,(H,30,34)(H,31,35)/b29-18+. The van der Waals surface area contributed by atoms with E-state index in [2.05, 4.69) is 22.8 Å². The van der Waals surface area contributed by atoms with E-state index < -0.39 is 11.8 Å². The minimum atomic E-state index is -0.871. The number of ether oxygens (including phenoxy) is 1. The Labute approximate surface area is 209 Å². The van der Waals surface area contributed by atoms with Crippen molar-refractivity contribution in [3.8, 4) is 22.7 Å². The zero-order valence-electron chi connectivity index (χ0n) is 20.1. The second-order valence-corrected chi connectivity index (χ2v) is 8.05. The lowest BCUT2D eigenvalue weighted by Crippen LogP contribution is -2.32. The number of nitrogens with one attached hydrogen (secondary N) is 2. The number of anilines is 1. The van der Waals surface area contributed by atoms with E-state index in [-0.39, 0.29) is 0 Å². The molecule has 2 amide bonds. The summed E-state index contributed by atoms with van der Waals surface area (Å²) < 4.78 is 7.42. The van der Waals surface area contributed by atoms with Gasteiger partial charge in [-0.2, -0.15) is 10.2 Å². The molecule has 4 aromatic rings. The number of aromatic nitrogens is 2. The first-order valence-electron chi connectivity index (χ1n) is 11.6. The topological polar surface area (TPSA) is 97.6 Å². The van der Waals surface area contributed by atoms with Gasteiger partial charge < -0.3 is 10.1 Å². The molecule has 36 heavy (non-hydrogen) atoms. The van der Waals surface area contributed by atoms with Crippen LogP contribution in [0, 0.1) is 6.92 Å². The molecule has 0 aliphatic rings. The molecule has 8 heteroatoms. The summed E-state index contributed by atoms with van der Waals surface area (Å²) in [5.74, 6) is -0.890. The van der Waals surface area contributed by atoms with Gasteiger partial charge in [-0.1, -0.05) is 43.3 Å². The Morgan fingerprint density at radius 2 is 1.69 bits per heavy atom. The van der Waals surface area contributed by atoms with Crippen LogP contribution in [0.2, 0.25) is 0 Å². The Kier molecular flexibility index (Phi) is 7.87. The van der Waals surface area contributed by atoms with Gasteiger partial charge in [0.2, 0.25) is 0 Å². The van der Waals surface area contributed by atoms with Crippen molar-refractivity contribution < 1.29 is 14.3 Å². The molecule has 2 N–H and O–H groups in total. The molecule has 0 aliphatic heterocycles. The molecule has 1 heterocycles. The van der Waals surface area contributed by atoms with Gasteiger partial charge >= 0.3 is 11.8 Å². The maximum Gasteiger partial charge on any atom is 0.329 e. The van der Waals surface area contributed by atoms with Gasteiger partial charge in [0, 0.05) is 23.0 Å². The number of para-hydroxylation sites is 2. The van der Waals surface area contributed by atoms with E-state index in [1.54, 1.807) is 16.8 Å². The zero-order valence-corrected chi connectivity index (χ0v) is 20.1. The first-order chi connectivity index (χ1) is 17.5. The fraction of sp³-hybridized carbons (Fsp3) is 0.143. The van der Waals surface area contributed by atoms with Crippen LogP contribution in [0.5, 0.6) is 5.75 Å². The van der Waals surface area contributed by atoms with Gasteiger partial charge in [0.15, 0.2) is 0 Å². The average molecular weight is 482 g/mol. The van der Waals surface area contributed by atoms with E-state index >= 15 is 0 Å². The van der Waals surface area contributed by atoms with Crippen LogP contribution in [0.1, 0.15) is 24.5 Å². The molecule has 0 atom stereocenters. The van der Waals surface area contributed by atoms with Gasteiger partial charge in [-0.3, -0.25) is 9.59 Å². The molecule has 0 aliphatic carbocycles. The molecule has 8 nitrogen and oxygen atoms in total. The molecule has 0 radical (unpaired) electrons. The van der Waals surface area contributed by atoms with Crippen LogP contribution in [0.15, 0.2) is 90.2 Å². The first kappa shape index (κ1) is 24.4. The predicted molar refractivity (Wildman–Crippen MR) is 140 cm³/mol. The van der Waals surface area contributed by atoms with Crippen LogP contribution in [-0.2, 0) is 9.59 Å². The number of benzene rings is 3. The first-order valence-corrected chi connectivity index (χ1v) is 11.6. The van der Waals surface area contributed by atoms with E-state index in [1.165, 1.54) is 6.21 Å². The van der Waals surface area contributed by atoms with Crippen molar-refractivity contribution in [1.29, 1.82) is 0 Å². The molecule has 0 unspecified atom stereocenters. The highest BCUT2D eigenvalue weighted by Gasteiger charge is 2.15. The fourth-order valence-electron chi connectivity index (χ4n) is 3.45. The van der Waals surface area contributed by atoms with Crippen LogP contribution < -0.4 is 15.5 Å². The van der Waals surface area contributed by atoms with E-state index in [1.807, 2.05) is 79.9 Å². The summed E-state index contributed by atoms with van der Waals surface area (Å²) in [7, 11) is 0. The number of hydrogen-bond acceptors (Lipinski definition) is 5. The lowest BCUT2D eigenvalue weighted by atomic mass is 10.1. The molecule has 0 saturated carbocycles. The maximum absolute atomic E-state index is 12.3. The summed E-state index contributed by atoms with van der Waals surface area (Å²) in [5.41, 5.74) is 6.79. The Morgan fingerprint density at radius 3 is 2.42 bits per heavy atom. The van der Waals surface area contributed by atoms with Gasteiger partial charge in [-0.05, 0) is 61.4 Å². The second-order valence-electron chi connectivity index (χ2n) is 8.05. The number of nitrogens with zero attached hydrogens (tertiary/aromatic N) is 3. The third-order valence-electron chi connectivity index (χ3n) is 5.33. The molecule has 0 saturated heterocycles. The Hall–Kier alpha value is -4.72. The number of carbonyl (C=O) groups is 2. The van der Waals surface area contributed by atoms with Crippen LogP contribution in [0.4, 0.5) is 5.69 Å². The smallest absolute Gasteiger partial charge is 0.329 e. The lowest BCUT2D eigenvalue weighted by molar-refractivity contribution is -0.136. The lowest BCUT2D eigenvalue weighted by Gasteiger charge is -2.06. The van der Waals surface area contributed by atoms with Crippen LogP contribution in [0.3, 0.4) is 0 Å². The minimum Gasteiger partial charge on any atom is -0.494 e. The van der Waals surface area contributed by atoms with Gasteiger partial charge in [0.05, 0.1) is 18.5 Å². The summed E-state index contributed by atoms with van der Waals surface area (Å²) in [5, 5.41) is 11.3. The van der Waals surface area contributed by atoms with Crippen LogP contribution >= 0.6 is 0 Å². The third kappa shape index (κ3) is 6.04. The van der Waals surface area contributed by atoms with Crippen molar-refractivity contribution in [1.82, 2.24) is 15.2 Å². The number of amides is 2. The highest BCUT2D eigenvalue weighted by atomic mass is 16.5. The number of rotatable bonds is 8. The Morgan fingerprint density at radius 1 is 0.972 bits per heavy atom. The van der Waals surface area contributed by atoms with E-state index in [9.17, 15) is 9.59 Å². The van der Waals surface area contributed by atoms with Crippen molar-refractivity contribution in [3.05, 3.63) is 96.2 Å². The maximum atomic E-state index is 12.3. The van der Waals surface area contributed by atoms with Crippen molar-refractivity contribution in [3.63, 3.8) is 0 Å². The van der Waals surface area contributed by atoms with Crippen molar-refractivity contribution >= 4 is 23.7 Å². The van der Waals surface area contributed by atoms with Gasteiger partial charge in [0.25, 0.3) is 0 Å². The van der Waals surface area contributed by atoms with E-state index in [4.69, 9.17) is 9.84 Å². The summed E-state index contributed by atoms with van der Waals surface area (Å²) in [6.07, 6.45) is 4.22. The number of hydrazone groups is 1. The monoisotopic (exact) mass is 481 g/mol. The Balaban J connectivity index is 1.53. The summed E-state index contributed by atoms with van der Waals surface area (Å²) in [4.78, 5) is 24.5. The molecule has 0 spiro atoms. The SMILES string of the molecule is CCCOc1ccc(-c2nn(-c3ccccc3)cc2/C=N/NC(=O)C(=O)Nc2ccccc2C)cc1. The summed E-state index contributed by atoms with van der Waals surface area (Å²) in [6.45, 7) is 4.55. The molecular weight excluding hydrogens is 454 g/mol. The quantitative estimate of drug-likeness (QED) is 0.216. The Bertz CT molecular complexity index is 1360. The van der Waals surface area contributed by atoms with Crippen molar-refractivity contribution in [2.75, 3.05) is 11.9 Å². The normalized spacial score (nSPS) is 10.8. The zero-order chi connectivity index (χ0) is 25.3. The van der Waals surface area contributed by atoms with E-state index in [0.717, 1.165) is 29.0 Å². The average Bonchev–Trinajstić information content (AvgIpc) is 3.33. The van der Waals surface area contributed by atoms with Gasteiger partial charge in [0.1, 0.15) is 11.4 Å². The molecule has 0 bridgehead atoms. The molecule has 4 rings (SSSR count). The predicted octanol–water partition coefficient (Wildman–Crippen LogP) is 4.73. The fourth-order valence-corrected chi connectivity index (χ4v) is 3.45. The van der Waals surface area contributed by atoms with Gasteiger partial charge in [-0.15, -0.1) is 0 Å². The second kappa shape index (κ2) is 11.6. The van der Waals surface area contributed by atoms with Gasteiger partial charge in [-0.25, -0.2) is 10.1 Å². The van der Waals surface area contributed by atoms with Crippen LogP contribution in [0.25, 0.3) is 16.9 Å². The number of aryl methyl sites for hydroxylation is 1. The van der Waals surface area contributed by atoms with E-state index in [0.29, 0.717) is 23.6 Å². The van der Waals surface area contributed by atoms with Crippen LogP contribution in [-0.4, -0.2) is 34.4 Å². The highest BCUT2D eigenvalue weighted by molar-refractivity contribution is 6.39. The molecular formula is C28H27N5O3. The summed E-state index contributed by atoms with van der Waals surface area (Å²) in [6, 6.07) is 24.5. The number of hydrogen-bond donors (Lipinski definition) is 2. The third-order valence-corrected chi connectivity index (χ3v) is 5.33. The molecule has 1 aromatic heterocycles. The summed E-state index contributed by atoms with van der Waals surface area (Å²) >= 11 is 0. The molecule has 182 valence electrons. The highest BCUT2D eigenvalue weighted by Crippen LogP contribution is 2.25. The van der Waals surface area contributed by atoms with Crippen molar-refractivity contribution in [2.45, 2.75) is 20.3 Å². The molecule has 3 aromatic carbocycles. The molecule has 0 fully saturated rings. The minimum absolute atomic E-state index is 0.569. The van der Waals surface area contributed by atoms with Crippen molar-refractivity contribution in [2.24, 2.45) is 5.10 Å². The number of carbonyl (C=O) groups excluding carboxylic acids is 2.